The van der Waals surface area contributed by atoms with Gasteiger partial charge >= 0.3 is 0 Å². The normalized spacial score (nSPS) is 19.8. The quantitative estimate of drug-likeness (QED) is 0.803. The molecule has 0 bridgehead atoms. The zero-order chi connectivity index (χ0) is 14.9. The average molecular weight is 315 g/mol. The first-order valence-corrected chi connectivity index (χ1v) is 8.20. The molecule has 0 spiro atoms. The summed E-state index contributed by atoms with van der Waals surface area (Å²) in [6.07, 6.45) is 5.45. The summed E-state index contributed by atoms with van der Waals surface area (Å²) in [5.74, 6) is 0. The molecule has 1 N–H and O–H groups in total. The van der Waals surface area contributed by atoms with Crippen LogP contribution in [0.5, 0.6) is 0 Å². The second-order valence-electron chi connectivity index (χ2n) is 5.46. The number of aryl methyl sites for hydroxylation is 1. The highest BCUT2D eigenvalue weighted by Crippen LogP contribution is 2.29. The van der Waals surface area contributed by atoms with Gasteiger partial charge in [0.25, 0.3) is 0 Å². The molecule has 6 nitrogen and oxygen atoms in total. The van der Waals surface area contributed by atoms with Crippen molar-refractivity contribution >= 4 is 22.5 Å². The van der Waals surface area contributed by atoms with Gasteiger partial charge < -0.3 is 9.72 Å². The van der Waals surface area contributed by atoms with Gasteiger partial charge in [-0.05, 0) is 6.92 Å². The molecule has 22 heavy (non-hydrogen) atoms. The molecule has 0 aromatic carbocycles. The number of H-pyrrole nitrogens is 1. The van der Waals surface area contributed by atoms with Gasteiger partial charge in [-0.15, -0.1) is 11.3 Å². The smallest absolute Gasteiger partial charge is 0.156 e. The average Bonchev–Trinajstić information content (AvgIpc) is 3.15. The van der Waals surface area contributed by atoms with E-state index >= 15 is 0 Å². The molecule has 1 fully saturated rings. The second-order valence-corrected chi connectivity index (χ2v) is 6.35. The number of fused-ring (bicyclic) bond motifs is 1. The maximum Gasteiger partial charge on any atom is 0.156 e. The number of hydrogen-bond acceptors (Lipinski definition) is 6. The fraction of sp³-hybridized carbons (Fsp3) is 0.400. The SMILES string of the molecule is Cc1csc(C2COCCN2Cc2c[nH]c3nccnc23)n1. The number of hydrogen-bond donors (Lipinski definition) is 1. The first-order valence-electron chi connectivity index (χ1n) is 7.32. The van der Waals surface area contributed by atoms with Crippen LogP contribution in [0.3, 0.4) is 0 Å². The Hall–Kier alpha value is -1.83. The molecule has 114 valence electrons. The van der Waals surface area contributed by atoms with Crippen LogP contribution in [0.2, 0.25) is 0 Å². The van der Waals surface area contributed by atoms with Crippen molar-refractivity contribution < 1.29 is 4.74 Å². The van der Waals surface area contributed by atoms with Crippen molar-refractivity contribution in [2.24, 2.45) is 0 Å². The molecule has 3 aromatic rings. The van der Waals surface area contributed by atoms with Crippen LogP contribution >= 0.6 is 11.3 Å². The summed E-state index contributed by atoms with van der Waals surface area (Å²) in [5.41, 5.74) is 4.03. The van der Waals surface area contributed by atoms with Crippen molar-refractivity contribution in [2.75, 3.05) is 19.8 Å². The molecule has 1 aliphatic rings. The third-order valence-corrected chi connectivity index (χ3v) is 4.98. The lowest BCUT2D eigenvalue weighted by atomic mass is 10.2. The Labute approximate surface area is 132 Å². The highest BCUT2D eigenvalue weighted by molar-refractivity contribution is 7.09. The summed E-state index contributed by atoms with van der Waals surface area (Å²) in [4.78, 5) is 19.0. The van der Waals surface area contributed by atoms with E-state index in [-0.39, 0.29) is 6.04 Å². The summed E-state index contributed by atoms with van der Waals surface area (Å²) in [6, 6.07) is 0.217. The monoisotopic (exact) mass is 315 g/mol. The third kappa shape index (κ3) is 2.51. The number of thiazole rings is 1. The Morgan fingerprint density at radius 1 is 1.41 bits per heavy atom. The minimum Gasteiger partial charge on any atom is -0.378 e. The lowest BCUT2D eigenvalue weighted by Gasteiger charge is -2.34. The molecule has 1 saturated heterocycles. The van der Waals surface area contributed by atoms with Gasteiger partial charge in [0.05, 0.1) is 19.3 Å². The van der Waals surface area contributed by atoms with Crippen LogP contribution in [-0.4, -0.2) is 44.6 Å². The molecule has 4 rings (SSSR count). The minimum atomic E-state index is 0.217. The van der Waals surface area contributed by atoms with Crippen LogP contribution < -0.4 is 0 Å². The maximum atomic E-state index is 5.67. The highest BCUT2D eigenvalue weighted by Gasteiger charge is 2.27. The summed E-state index contributed by atoms with van der Waals surface area (Å²) in [5, 5.41) is 3.22. The van der Waals surface area contributed by atoms with Crippen molar-refractivity contribution in [1.29, 1.82) is 0 Å². The topological polar surface area (TPSA) is 66.9 Å². The number of morpholine rings is 1. The number of aromatic amines is 1. The van der Waals surface area contributed by atoms with Gasteiger partial charge in [0.15, 0.2) is 5.65 Å². The van der Waals surface area contributed by atoms with E-state index in [1.807, 2.05) is 13.1 Å². The largest absolute Gasteiger partial charge is 0.378 e. The molecule has 1 aliphatic heterocycles. The first kappa shape index (κ1) is 13.8. The number of nitrogens with one attached hydrogen (secondary N) is 1. The molecule has 0 amide bonds. The third-order valence-electron chi connectivity index (χ3n) is 3.92. The van der Waals surface area contributed by atoms with E-state index in [0.29, 0.717) is 6.61 Å². The van der Waals surface area contributed by atoms with E-state index in [1.54, 1.807) is 23.7 Å². The standard InChI is InChI=1S/C15H17N5OS/c1-10-9-22-15(19-10)12-8-21-5-4-20(12)7-11-6-18-14-13(11)16-2-3-17-14/h2-3,6,9,12H,4-5,7-8H2,1H3,(H,17,18). The zero-order valence-electron chi connectivity index (χ0n) is 12.3. The van der Waals surface area contributed by atoms with Crippen LogP contribution in [0.1, 0.15) is 22.3 Å². The fourth-order valence-corrected chi connectivity index (χ4v) is 3.74. The molecular weight excluding hydrogens is 298 g/mol. The lowest BCUT2D eigenvalue weighted by molar-refractivity contribution is -0.0126. The summed E-state index contributed by atoms with van der Waals surface area (Å²) < 4.78 is 5.67. The Morgan fingerprint density at radius 2 is 2.32 bits per heavy atom. The Bertz CT molecular complexity index is 783. The number of nitrogens with zero attached hydrogens (tertiary/aromatic N) is 4. The molecule has 1 atom stereocenters. The summed E-state index contributed by atoms with van der Waals surface area (Å²) in [6.45, 7) is 5.21. The zero-order valence-corrected chi connectivity index (χ0v) is 13.1. The van der Waals surface area contributed by atoms with Crippen molar-refractivity contribution in [2.45, 2.75) is 19.5 Å². The van der Waals surface area contributed by atoms with Crippen LogP contribution in [-0.2, 0) is 11.3 Å². The maximum absolute atomic E-state index is 5.67. The predicted octanol–water partition coefficient (Wildman–Crippen LogP) is 2.30. The molecule has 0 saturated carbocycles. The number of ether oxygens (including phenoxy) is 1. The van der Waals surface area contributed by atoms with Crippen LogP contribution in [0.4, 0.5) is 0 Å². The van der Waals surface area contributed by atoms with Gasteiger partial charge in [-0.2, -0.15) is 0 Å². The van der Waals surface area contributed by atoms with E-state index in [4.69, 9.17) is 4.74 Å². The van der Waals surface area contributed by atoms with Gasteiger partial charge in [-0.1, -0.05) is 0 Å². The van der Waals surface area contributed by atoms with E-state index in [9.17, 15) is 0 Å². The summed E-state index contributed by atoms with van der Waals surface area (Å²) in [7, 11) is 0. The highest BCUT2D eigenvalue weighted by atomic mass is 32.1. The van der Waals surface area contributed by atoms with Crippen LogP contribution in [0.15, 0.2) is 24.0 Å². The fourth-order valence-electron chi connectivity index (χ4n) is 2.82. The Balaban J connectivity index is 1.62. The molecule has 7 heteroatoms. The summed E-state index contributed by atoms with van der Waals surface area (Å²) >= 11 is 1.71. The Morgan fingerprint density at radius 3 is 3.18 bits per heavy atom. The molecule has 3 aromatic heterocycles. The molecule has 4 heterocycles. The van der Waals surface area contributed by atoms with Crippen LogP contribution in [0.25, 0.3) is 11.2 Å². The first-order chi connectivity index (χ1) is 10.8. The van der Waals surface area contributed by atoms with Gasteiger partial charge in [0, 0.05) is 48.3 Å². The minimum absolute atomic E-state index is 0.217. The lowest BCUT2D eigenvalue weighted by Crippen LogP contribution is -2.38. The van der Waals surface area contributed by atoms with E-state index < -0.39 is 0 Å². The van der Waals surface area contributed by atoms with Crippen molar-refractivity contribution in [3.05, 3.63) is 40.2 Å². The van der Waals surface area contributed by atoms with Gasteiger partial charge in [-0.25, -0.2) is 9.97 Å². The van der Waals surface area contributed by atoms with Gasteiger partial charge in [-0.3, -0.25) is 9.88 Å². The molecular formula is C15H17N5OS. The predicted molar refractivity (Wildman–Crippen MR) is 84.7 cm³/mol. The van der Waals surface area contributed by atoms with E-state index in [1.165, 1.54) is 5.56 Å². The number of rotatable bonds is 3. The second kappa shape index (κ2) is 5.75. The van der Waals surface area contributed by atoms with Gasteiger partial charge in [0.1, 0.15) is 10.5 Å². The van der Waals surface area contributed by atoms with Crippen LogP contribution in [0, 0.1) is 6.92 Å². The van der Waals surface area contributed by atoms with E-state index in [0.717, 1.165) is 41.6 Å². The van der Waals surface area contributed by atoms with Crippen molar-refractivity contribution in [1.82, 2.24) is 24.8 Å². The van der Waals surface area contributed by atoms with Gasteiger partial charge in [0.2, 0.25) is 0 Å². The molecule has 0 aliphatic carbocycles. The van der Waals surface area contributed by atoms with Crippen molar-refractivity contribution in [3.63, 3.8) is 0 Å². The van der Waals surface area contributed by atoms with E-state index in [2.05, 4.69) is 30.2 Å². The van der Waals surface area contributed by atoms with Crippen molar-refractivity contribution in [3.8, 4) is 0 Å². The Kier molecular flexibility index (Phi) is 3.61. The molecule has 1 unspecified atom stereocenters. The molecule has 0 radical (unpaired) electrons. The number of aromatic nitrogens is 4.